The fourth-order valence-corrected chi connectivity index (χ4v) is 3.00. The van der Waals surface area contributed by atoms with Crippen molar-refractivity contribution in [1.82, 2.24) is 15.4 Å². The molecule has 1 rings (SSSR count). The van der Waals surface area contributed by atoms with E-state index in [1.54, 1.807) is 14.2 Å². The van der Waals surface area contributed by atoms with Gasteiger partial charge in [-0.3, -0.25) is 15.1 Å². The molecule has 11 heteroatoms. The Morgan fingerprint density at radius 1 is 1.40 bits per heavy atom. The van der Waals surface area contributed by atoms with Crippen LogP contribution in [0, 0.1) is 10.1 Å². The highest BCUT2D eigenvalue weighted by molar-refractivity contribution is 7.89. The smallest absolute Gasteiger partial charge is 0.270 e. The van der Waals surface area contributed by atoms with Crippen LogP contribution in [0.25, 0.3) is 0 Å². The average molecular weight is 373 g/mol. The summed E-state index contributed by atoms with van der Waals surface area (Å²) in [6.07, 6.45) is 0. The number of guanidine groups is 1. The number of benzene rings is 1. The standard InChI is InChI=1S/C14H23N5O5S/c1-11(10-24-3)18-14(15-2)16-7-8-17-25(22,23)13-6-4-5-12(9-13)19(20)21/h4-6,9,11,17H,7-8,10H2,1-3H3,(H2,15,16,18). The molecule has 0 fully saturated rings. The summed E-state index contributed by atoms with van der Waals surface area (Å²) in [4.78, 5) is 14.0. The van der Waals surface area contributed by atoms with Crippen LogP contribution >= 0.6 is 0 Å². The quantitative estimate of drug-likeness (QED) is 0.183. The van der Waals surface area contributed by atoms with Gasteiger partial charge >= 0.3 is 0 Å². The van der Waals surface area contributed by atoms with E-state index < -0.39 is 14.9 Å². The lowest BCUT2D eigenvalue weighted by atomic mass is 10.3. The molecule has 0 heterocycles. The van der Waals surface area contributed by atoms with Gasteiger partial charge in [0.25, 0.3) is 5.69 Å². The molecule has 25 heavy (non-hydrogen) atoms. The monoisotopic (exact) mass is 373 g/mol. The molecule has 0 amide bonds. The van der Waals surface area contributed by atoms with Crippen molar-refractivity contribution in [3.8, 4) is 0 Å². The van der Waals surface area contributed by atoms with E-state index in [1.165, 1.54) is 18.2 Å². The van der Waals surface area contributed by atoms with Gasteiger partial charge in [-0.25, -0.2) is 13.1 Å². The first-order chi connectivity index (χ1) is 11.8. The minimum Gasteiger partial charge on any atom is -0.383 e. The Labute approximate surface area is 146 Å². The summed E-state index contributed by atoms with van der Waals surface area (Å²) in [6.45, 7) is 2.79. The molecule has 0 aliphatic rings. The molecule has 0 aromatic heterocycles. The molecular weight excluding hydrogens is 350 g/mol. The lowest BCUT2D eigenvalue weighted by Gasteiger charge is -2.17. The highest BCUT2D eigenvalue weighted by Gasteiger charge is 2.17. The van der Waals surface area contributed by atoms with Gasteiger partial charge in [0.15, 0.2) is 5.96 Å². The van der Waals surface area contributed by atoms with Crippen LogP contribution in [0.15, 0.2) is 34.2 Å². The molecule has 0 saturated carbocycles. The highest BCUT2D eigenvalue weighted by atomic mass is 32.2. The molecule has 1 aromatic rings. The number of non-ortho nitro benzene ring substituents is 1. The summed E-state index contributed by atoms with van der Waals surface area (Å²) in [5.74, 6) is 0.513. The van der Waals surface area contributed by atoms with E-state index in [1.807, 2.05) is 6.92 Å². The van der Waals surface area contributed by atoms with Gasteiger partial charge in [0.05, 0.1) is 16.4 Å². The van der Waals surface area contributed by atoms with Gasteiger partial charge in [-0.1, -0.05) is 6.07 Å². The number of ether oxygens (including phenoxy) is 1. The summed E-state index contributed by atoms with van der Waals surface area (Å²) in [5.41, 5.74) is -0.280. The van der Waals surface area contributed by atoms with Crippen LogP contribution in [0.2, 0.25) is 0 Å². The minimum atomic E-state index is -3.83. The Morgan fingerprint density at radius 2 is 2.12 bits per heavy atom. The molecule has 1 unspecified atom stereocenters. The number of nitro benzene ring substituents is 1. The Bertz CT molecular complexity index is 707. The zero-order valence-electron chi connectivity index (χ0n) is 14.4. The Morgan fingerprint density at radius 3 is 2.72 bits per heavy atom. The van der Waals surface area contributed by atoms with Crippen LogP contribution in [-0.4, -0.2) is 59.2 Å². The summed E-state index contributed by atoms with van der Waals surface area (Å²) >= 11 is 0. The first-order valence-electron chi connectivity index (χ1n) is 7.50. The van der Waals surface area contributed by atoms with Gasteiger partial charge in [-0.05, 0) is 13.0 Å². The third kappa shape index (κ3) is 7.03. The molecule has 0 saturated heterocycles. The maximum atomic E-state index is 12.2. The van der Waals surface area contributed by atoms with E-state index in [0.717, 1.165) is 6.07 Å². The molecular formula is C14H23N5O5S. The third-order valence-electron chi connectivity index (χ3n) is 3.07. The number of hydrogen-bond donors (Lipinski definition) is 3. The lowest BCUT2D eigenvalue weighted by molar-refractivity contribution is -0.385. The number of nitrogens with zero attached hydrogens (tertiary/aromatic N) is 2. The molecule has 0 radical (unpaired) electrons. The van der Waals surface area contributed by atoms with Crippen molar-refractivity contribution in [3.05, 3.63) is 34.4 Å². The summed E-state index contributed by atoms with van der Waals surface area (Å²) in [6, 6.07) is 4.92. The number of aliphatic imine (C=N–C) groups is 1. The molecule has 0 spiro atoms. The highest BCUT2D eigenvalue weighted by Crippen LogP contribution is 2.16. The van der Waals surface area contributed by atoms with E-state index in [2.05, 4.69) is 20.3 Å². The Hall–Kier alpha value is -2.24. The van der Waals surface area contributed by atoms with Gasteiger partial charge < -0.3 is 15.4 Å². The molecule has 1 atom stereocenters. The number of nitro groups is 1. The molecule has 0 aliphatic carbocycles. The van der Waals surface area contributed by atoms with Crippen molar-refractivity contribution < 1.29 is 18.1 Å². The SMILES string of the molecule is CN=C(NCCNS(=O)(=O)c1cccc([N+](=O)[O-])c1)NC(C)COC. The molecule has 10 nitrogen and oxygen atoms in total. The van der Waals surface area contributed by atoms with Crippen LogP contribution in [-0.2, 0) is 14.8 Å². The van der Waals surface area contributed by atoms with E-state index in [4.69, 9.17) is 4.74 Å². The minimum absolute atomic E-state index is 0.0396. The number of sulfonamides is 1. The Balaban J connectivity index is 2.54. The van der Waals surface area contributed by atoms with Crippen molar-refractivity contribution >= 4 is 21.7 Å². The third-order valence-corrected chi connectivity index (χ3v) is 4.53. The van der Waals surface area contributed by atoms with Crippen LogP contribution < -0.4 is 15.4 Å². The maximum Gasteiger partial charge on any atom is 0.270 e. The second-order valence-electron chi connectivity index (χ2n) is 5.15. The predicted octanol–water partition coefficient (Wildman–Crippen LogP) is 0.0730. The summed E-state index contributed by atoms with van der Waals surface area (Å²) in [5, 5.41) is 16.8. The summed E-state index contributed by atoms with van der Waals surface area (Å²) < 4.78 is 31.7. The number of methoxy groups -OCH3 is 1. The average Bonchev–Trinajstić information content (AvgIpc) is 2.57. The van der Waals surface area contributed by atoms with Crippen LogP contribution in [0.3, 0.4) is 0 Å². The molecule has 0 aliphatic heterocycles. The normalized spacial score (nSPS) is 13.3. The van der Waals surface area contributed by atoms with Crippen molar-refractivity contribution in [3.63, 3.8) is 0 Å². The zero-order valence-corrected chi connectivity index (χ0v) is 15.2. The number of nitrogens with one attached hydrogen (secondary N) is 3. The summed E-state index contributed by atoms with van der Waals surface area (Å²) in [7, 11) is -0.634. The van der Waals surface area contributed by atoms with E-state index in [9.17, 15) is 18.5 Å². The fourth-order valence-electron chi connectivity index (χ4n) is 1.93. The first-order valence-corrected chi connectivity index (χ1v) is 8.98. The van der Waals surface area contributed by atoms with Crippen molar-refractivity contribution in [2.75, 3.05) is 33.9 Å². The maximum absolute atomic E-state index is 12.2. The second-order valence-corrected chi connectivity index (χ2v) is 6.92. The molecule has 140 valence electrons. The number of rotatable bonds is 9. The topological polar surface area (TPSA) is 135 Å². The largest absolute Gasteiger partial charge is 0.383 e. The van der Waals surface area contributed by atoms with Gasteiger partial charge in [0, 0.05) is 45.4 Å². The predicted molar refractivity (Wildman–Crippen MR) is 94.1 cm³/mol. The van der Waals surface area contributed by atoms with Crippen LogP contribution in [0.5, 0.6) is 0 Å². The van der Waals surface area contributed by atoms with Crippen molar-refractivity contribution in [2.45, 2.75) is 17.9 Å². The number of hydrogen-bond acceptors (Lipinski definition) is 6. The Kier molecular flexibility index (Phi) is 8.25. The van der Waals surface area contributed by atoms with E-state index in [-0.39, 0.29) is 29.7 Å². The molecule has 0 bridgehead atoms. The van der Waals surface area contributed by atoms with Gasteiger partial charge in [0.1, 0.15) is 0 Å². The molecule has 1 aromatic carbocycles. The lowest BCUT2D eigenvalue weighted by Crippen LogP contribution is -2.46. The second kappa shape index (κ2) is 9.91. The van der Waals surface area contributed by atoms with Gasteiger partial charge in [-0.2, -0.15) is 0 Å². The fraction of sp³-hybridized carbons (Fsp3) is 0.500. The zero-order chi connectivity index (χ0) is 18.9. The van der Waals surface area contributed by atoms with E-state index >= 15 is 0 Å². The molecule has 3 N–H and O–H groups in total. The first kappa shape index (κ1) is 20.8. The van der Waals surface area contributed by atoms with Gasteiger partial charge in [-0.15, -0.1) is 0 Å². The van der Waals surface area contributed by atoms with Gasteiger partial charge in [0.2, 0.25) is 10.0 Å². The van der Waals surface area contributed by atoms with Crippen molar-refractivity contribution in [1.29, 1.82) is 0 Å². The van der Waals surface area contributed by atoms with Crippen LogP contribution in [0.1, 0.15) is 6.92 Å². The van der Waals surface area contributed by atoms with Crippen molar-refractivity contribution in [2.24, 2.45) is 4.99 Å². The van der Waals surface area contributed by atoms with Crippen LogP contribution in [0.4, 0.5) is 5.69 Å². The van der Waals surface area contributed by atoms with E-state index in [0.29, 0.717) is 12.6 Å².